The molecule has 2 nitrogen and oxygen atoms in total. The second-order valence-electron chi connectivity index (χ2n) is 5.53. The number of nitrogens with one attached hydrogen (secondary N) is 1. The molecule has 1 saturated carbocycles. The molecule has 2 heteroatoms. The van der Waals surface area contributed by atoms with Crippen LogP contribution < -0.4 is 5.32 Å². The van der Waals surface area contributed by atoms with Gasteiger partial charge in [-0.2, -0.15) is 0 Å². The zero-order valence-electron chi connectivity index (χ0n) is 10.2. The lowest BCUT2D eigenvalue weighted by atomic mass is 9.99. The molecule has 2 heterocycles. The Kier molecular flexibility index (Phi) is 1.92. The van der Waals surface area contributed by atoms with Crippen molar-refractivity contribution >= 4 is 10.9 Å². The Hall–Kier alpha value is -1.28. The van der Waals surface area contributed by atoms with Crippen molar-refractivity contribution < 1.29 is 0 Å². The number of aromatic nitrogens is 1. The monoisotopic (exact) mass is 226 g/mol. The van der Waals surface area contributed by atoms with E-state index in [1.165, 1.54) is 34.9 Å². The molecule has 1 aliphatic carbocycles. The number of aryl methyl sites for hydroxylation is 1. The number of rotatable bonds is 1. The molecule has 1 aromatic carbocycles. The van der Waals surface area contributed by atoms with Gasteiger partial charge in [-0.25, -0.2) is 0 Å². The fourth-order valence-electron chi connectivity index (χ4n) is 3.32. The van der Waals surface area contributed by atoms with Crippen LogP contribution in [0.5, 0.6) is 0 Å². The van der Waals surface area contributed by atoms with Crippen molar-refractivity contribution in [2.24, 2.45) is 13.0 Å². The highest BCUT2D eigenvalue weighted by molar-refractivity contribution is 5.88. The Labute approximate surface area is 102 Å². The van der Waals surface area contributed by atoms with Crippen molar-refractivity contribution in [1.82, 2.24) is 9.88 Å². The summed E-state index contributed by atoms with van der Waals surface area (Å²) in [4.78, 5) is 0. The number of hydrogen-bond donors (Lipinski definition) is 1. The van der Waals surface area contributed by atoms with Crippen LogP contribution in [0.2, 0.25) is 0 Å². The summed E-state index contributed by atoms with van der Waals surface area (Å²) < 4.78 is 2.29. The van der Waals surface area contributed by atoms with Crippen molar-refractivity contribution in [2.45, 2.75) is 25.3 Å². The lowest BCUT2D eigenvalue weighted by Crippen LogP contribution is -2.23. The Bertz CT molecular complexity index is 578. The minimum atomic E-state index is 0.599. The van der Waals surface area contributed by atoms with Crippen molar-refractivity contribution in [2.75, 3.05) is 6.54 Å². The van der Waals surface area contributed by atoms with Gasteiger partial charge >= 0.3 is 0 Å². The van der Waals surface area contributed by atoms with Gasteiger partial charge in [-0.15, -0.1) is 0 Å². The molecule has 1 aliphatic heterocycles. The number of benzene rings is 1. The fourth-order valence-corrected chi connectivity index (χ4v) is 3.32. The van der Waals surface area contributed by atoms with Crippen LogP contribution in [0.3, 0.4) is 0 Å². The molecule has 2 aromatic rings. The van der Waals surface area contributed by atoms with Crippen LogP contribution >= 0.6 is 0 Å². The molecular weight excluding hydrogens is 208 g/mol. The van der Waals surface area contributed by atoms with E-state index in [-0.39, 0.29) is 0 Å². The summed E-state index contributed by atoms with van der Waals surface area (Å²) in [5, 5.41) is 5.28. The average molecular weight is 226 g/mol. The van der Waals surface area contributed by atoms with Crippen molar-refractivity contribution in [3.63, 3.8) is 0 Å². The lowest BCUT2D eigenvalue weighted by molar-refractivity contribution is 0.492. The molecule has 0 radical (unpaired) electrons. The predicted octanol–water partition coefficient (Wildman–Crippen LogP) is 2.78. The molecule has 4 rings (SSSR count). The van der Waals surface area contributed by atoms with Gasteiger partial charge in [-0.1, -0.05) is 12.1 Å². The molecule has 1 N–H and O–H groups in total. The van der Waals surface area contributed by atoms with Crippen molar-refractivity contribution in [3.05, 3.63) is 35.5 Å². The van der Waals surface area contributed by atoms with Crippen LogP contribution in [0, 0.1) is 5.92 Å². The van der Waals surface area contributed by atoms with Gasteiger partial charge in [0, 0.05) is 30.2 Å². The summed E-state index contributed by atoms with van der Waals surface area (Å²) in [5.41, 5.74) is 4.46. The fraction of sp³-hybridized carbons (Fsp3) is 0.467. The first kappa shape index (κ1) is 9.72. The number of nitrogens with zero attached hydrogens (tertiary/aromatic N) is 1. The Balaban J connectivity index is 2.01. The van der Waals surface area contributed by atoms with Gasteiger partial charge in [0.2, 0.25) is 0 Å². The maximum absolute atomic E-state index is 3.75. The molecule has 1 fully saturated rings. The first-order valence-corrected chi connectivity index (χ1v) is 6.65. The van der Waals surface area contributed by atoms with E-state index in [2.05, 4.69) is 41.3 Å². The van der Waals surface area contributed by atoms with E-state index in [4.69, 9.17) is 0 Å². The van der Waals surface area contributed by atoms with Gasteiger partial charge in [0.05, 0.1) is 0 Å². The maximum atomic E-state index is 3.75. The first-order valence-electron chi connectivity index (χ1n) is 6.65. The van der Waals surface area contributed by atoms with Crippen molar-refractivity contribution in [3.8, 4) is 0 Å². The third-order valence-electron chi connectivity index (χ3n) is 4.32. The molecule has 2 aliphatic rings. The molecule has 88 valence electrons. The standard InChI is InChI=1S/C15H18N2/c1-17-9-12-14-10(3-2-4-13(14)17)7-8-16-15(12)11-5-6-11/h2-4,9,11,15-16H,5-8H2,1H3. The minimum absolute atomic E-state index is 0.599. The van der Waals surface area contributed by atoms with Gasteiger partial charge in [0.15, 0.2) is 0 Å². The van der Waals surface area contributed by atoms with E-state index in [1.54, 1.807) is 0 Å². The second kappa shape index (κ2) is 3.36. The third-order valence-corrected chi connectivity index (χ3v) is 4.32. The molecule has 1 atom stereocenters. The summed E-state index contributed by atoms with van der Waals surface area (Å²) in [7, 11) is 2.17. The molecule has 1 unspecified atom stereocenters. The lowest BCUT2D eigenvalue weighted by Gasteiger charge is -2.15. The predicted molar refractivity (Wildman–Crippen MR) is 70.1 cm³/mol. The largest absolute Gasteiger partial charge is 0.350 e. The van der Waals surface area contributed by atoms with E-state index in [0.29, 0.717) is 6.04 Å². The SMILES string of the molecule is Cn1cc2c3c(cccc31)CCNC2C1CC1. The average Bonchev–Trinajstić information content (AvgIpc) is 3.11. The Morgan fingerprint density at radius 3 is 3.00 bits per heavy atom. The van der Waals surface area contributed by atoms with E-state index in [1.807, 2.05) is 0 Å². The summed E-state index contributed by atoms with van der Waals surface area (Å²) in [6.07, 6.45) is 6.31. The molecule has 0 spiro atoms. The zero-order valence-corrected chi connectivity index (χ0v) is 10.2. The van der Waals surface area contributed by atoms with Gasteiger partial charge < -0.3 is 9.88 Å². The summed E-state index contributed by atoms with van der Waals surface area (Å²) in [6, 6.07) is 7.33. The smallest absolute Gasteiger partial charge is 0.0483 e. The normalized spacial score (nSPS) is 23.9. The van der Waals surface area contributed by atoms with Gasteiger partial charge in [0.25, 0.3) is 0 Å². The van der Waals surface area contributed by atoms with Crippen LogP contribution in [0.1, 0.15) is 30.0 Å². The van der Waals surface area contributed by atoms with Crippen LogP contribution in [0.4, 0.5) is 0 Å². The van der Waals surface area contributed by atoms with Crippen LogP contribution in [0.15, 0.2) is 24.4 Å². The highest BCUT2D eigenvalue weighted by Gasteiger charge is 2.35. The quantitative estimate of drug-likeness (QED) is 0.791. The molecule has 17 heavy (non-hydrogen) atoms. The highest BCUT2D eigenvalue weighted by atomic mass is 15.0. The summed E-state index contributed by atoms with van der Waals surface area (Å²) in [6.45, 7) is 1.12. The Morgan fingerprint density at radius 1 is 1.29 bits per heavy atom. The first-order chi connectivity index (χ1) is 8.34. The van der Waals surface area contributed by atoms with Gasteiger partial charge in [-0.3, -0.25) is 0 Å². The van der Waals surface area contributed by atoms with Gasteiger partial charge in [-0.05, 0) is 48.9 Å². The molecule has 0 amide bonds. The second-order valence-corrected chi connectivity index (χ2v) is 5.53. The molecule has 0 bridgehead atoms. The van der Waals surface area contributed by atoms with E-state index in [9.17, 15) is 0 Å². The van der Waals surface area contributed by atoms with Crippen LogP contribution in [-0.4, -0.2) is 11.1 Å². The van der Waals surface area contributed by atoms with Crippen LogP contribution in [-0.2, 0) is 13.5 Å². The third kappa shape index (κ3) is 1.37. The molecule has 1 aromatic heterocycles. The van der Waals surface area contributed by atoms with Gasteiger partial charge in [0.1, 0.15) is 0 Å². The Morgan fingerprint density at radius 2 is 2.18 bits per heavy atom. The van der Waals surface area contributed by atoms with E-state index in [0.717, 1.165) is 18.9 Å². The summed E-state index contributed by atoms with van der Waals surface area (Å²) in [5.74, 6) is 0.881. The van der Waals surface area contributed by atoms with E-state index < -0.39 is 0 Å². The topological polar surface area (TPSA) is 17.0 Å². The molecular formula is C15H18N2. The maximum Gasteiger partial charge on any atom is 0.0483 e. The zero-order chi connectivity index (χ0) is 11.4. The van der Waals surface area contributed by atoms with Crippen molar-refractivity contribution in [1.29, 1.82) is 0 Å². The highest BCUT2D eigenvalue weighted by Crippen LogP contribution is 2.44. The minimum Gasteiger partial charge on any atom is -0.350 e. The molecule has 0 saturated heterocycles. The van der Waals surface area contributed by atoms with E-state index >= 15 is 0 Å². The van der Waals surface area contributed by atoms with Crippen LogP contribution in [0.25, 0.3) is 10.9 Å². The number of hydrogen-bond acceptors (Lipinski definition) is 1. The summed E-state index contributed by atoms with van der Waals surface area (Å²) >= 11 is 0.